The molecule has 2 aromatic carbocycles. The number of hydrogen-bond acceptors (Lipinski definition) is 2. The van der Waals surface area contributed by atoms with Crippen LogP contribution < -0.4 is 10.2 Å². The topological polar surface area (TPSA) is 32.3 Å². The zero-order valence-electron chi connectivity index (χ0n) is 12.8. The van der Waals surface area contributed by atoms with Crippen LogP contribution in [-0.4, -0.2) is 18.5 Å². The summed E-state index contributed by atoms with van der Waals surface area (Å²) in [5, 5.41) is 3.91. The monoisotopic (exact) mass is 314 g/mol. The first-order chi connectivity index (χ1) is 10.6. The van der Waals surface area contributed by atoms with Crippen molar-refractivity contribution in [3.63, 3.8) is 0 Å². The highest BCUT2D eigenvalue weighted by Gasteiger charge is 2.30. The standard InChI is InChI=1S/C18H19ClN2O/c1-12-10-14-6-3-4-9-17(14)21(12)18(22)11-20-16-8-5-7-15(19)13(16)2/h3-9,12,20H,10-11H2,1-2H3/t12-/m0/s1. The Hall–Kier alpha value is -2.00. The van der Waals surface area contributed by atoms with E-state index in [1.54, 1.807) is 0 Å². The third-order valence-electron chi connectivity index (χ3n) is 4.17. The van der Waals surface area contributed by atoms with Crippen molar-refractivity contribution in [2.75, 3.05) is 16.8 Å². The van der Waals surface area contributed by atoms with Crippen molar-refractivity contribution in [1.82, 2.24) is 0 Å². The number of carbonyl (C=O) groups is 1. The van der Waals surface area contributed by atoms with Crippen LogP contribution in [0, 0.1) is 6.92 Å². The molecule has 0 radical (unpaired) electrons. The van der Waals surface area contributed by atoms with Gasteiger partial charge in [0.15, 0.2) is 0 Å². The average Bonchev–Trinajstić information content (AvgIpc) is 2.84. The second-order valence-electron chi connectivity index (χ2n) is 5.71. The Morgan fingerprint density at radius 3 is 2.86 bits per heavy atom. The summed E-state index contributed by atoms with van der Waals surface area (Å²) in [6.07, 6.45) is 0.915. The third-order valence-corrected chi connectivity index (χ3v) is 4.58. The van der Waals surface area contributed by atoms with Crippen LogP contribution in [0.1, 0.15) is 18.1 Å². The van der Waals surface area contributed by atoms with Crippen LogP contribution in [-0.2, 0) is 11.2 Å². The van der Waals surface area contributed by atoms with Crippen molar-refractivity contribution in [3.05, 3.63) is 58.6 Å². The van der Waals surface area contributed by atoms with Crippen molar-refractivity contribution >= 4 is 28.9 Å². The molecular formula is C18H19ClN2O. The first kappa shape index (κ1) is 14.9. The number of para-hydroxylation sites is 1. The molecule has 22 heavy (non-hydrogen) atoms. The molecule has 1 heterocycles. The Morgan fingerprint density at radius 2 is 2.05 bits per heavy atom. The normalized spacial score (nSPS) is 16.5. The van der Waals surface area contributed by atoms with Gasteiger partial charge in [-0.15, -0.1) is 0 Å². The maximum absolute atomic E-state index is 12.6. The second-order valence-corrected chi connectivity index (χ2v) is 6.12. The summed E-state index contributed by atoms with van der Waals surface area (Å²) in [4.78, 5) is 14.5. The van der Waals surface area contributed by atoms with Crippen LogP contribution in [0.3, 0.4) is 0 Å². The van der Waals surface area contributed by atoms with E-state index < -0.39 is 0 Å². The highest BCUT2D eigenvalue weighted by atomic mass is 35.5. The lowest BCUT2D eigenvalue weighted by atomic mass is 10.1. The van der Waals surface area contributed by atoms with Crippen LogP contribution in [0.15, 0.2) is 42.5 Å². The smallest absolute Gasteiger partial charge is 0.246 e. The lowest BCUT2D eigenvalue weighted by Gasteiger charge is -2.23. The van der Waals surface area contributed by atoms with Gasteiger partial charge in [0.1, 0.15) is 0 Å². The highest BCUT2D eigenvalue weighted by molar-refractivity contribution is 6.31. The summed E-state index contributed by atoms with van der Waals surface area (Å²) in [6.45, 7) is 4.30. The fourth-order valence-corrected chi connectivity index (χ4v) is 3.18. The summed E-state index contributed by atoms with van der Waals surface area (Å²) in [5.41, 5.74) is 4.14. The minimum Gasteiger partial charge on any atom is -0.376 e. The quantitative estimate of drug-likeness (QED) is 0.927. The molecule has 1 aliphatic rings. The van der Waals surface area contributed by atoms with Gasteiger partial charge >= 0.3 is 0 Å². The number of amides is 1. The molecule has 114 valence electrons. The van der Waals surface area contributed by atoms with Gasteiger partial charge in [0.25, 0.3) is 0 Å². The van der Waals surface area contributed by atoms with Crippen molar-refractivity contribution < 1.29 is 4.79 Å². The van der Waals surface area contributed by atoms with E-state index in [9.17, 15) is 4.79 Å². The molecule has 4 heteroatoms. The predicted molar refractivity (Wildman–Crippen MR) is 91.8 cm³/mol. The van der Waals surface area contributed by atoms with E-state index in [4.69, 9.17) is 11.6 Å². The summed E-state index contributed by atoms with van der Waals surface area (Å²) < 4.78 is 0. The van der Waals surface area contributed by atoms with Gasteiger partial charge in [-0.25, -0.2) is 0 Å². The molecule has 0 saturated carbocycles. The molecule has 0 aromatic heterocycles. The van der Waals surface area contributed by atoms with Crippen molar-refractivity contribution in [1.29, 1.82) is 0 Å². The van der Waals surface area contributed by atoms with E-state index in [2.05, 4.69) is 18.3 Å². The number of nitrogens with zero attached hydrogens (tertiary/aromatic N) is 1. The molecule has 2 aromatic rings. The number of fused-ring (bicyclic) bond motifs is 1. The number of carbonyl (C=O) groups excluding carboxylic acids is 1. The SMILES string of the molecule is Cc1c(Cl)cccc1NCC(=O)N1c2ccccc2C[C@@H]1C. The molecule has 0 fully saturated rings. The molecule has 1 atom stereocenters. The molecule has 0 unspecified atom stereocenters. The molecule has 0 bridgehead atoms. The maximum Gasteiger partial charge on any atom is 0.246 e. The maximum atomic E-state index is 12.6. The van der Waals surface area contributed by atoms with Crippen molar-refractivity contribution in [3.8, 4) is 0 Å². The summed E-state index contributed by atoms with van der Waals surface area (Å²) in [7, 11) is 0. The Morgan fingerprint density at radius 1 is 1.27 bits per heavy atom. The van der Waals surface area contributed by atoms with E-state index in [0.29, 0.717) is 5.02 Å². The van der Waals surface area contributed by atoms with Crippen LogP contribution in [0.2, 0.25) is 5.02 Å². The first-order valence-electron chi connectivity index (χ1n) is 7.47. The minimum atomic E-state index is 0.0804. The molecular weight excluding hydrogens is 296 g/mol. The molecule has 1 N–H and O–H groups in total. The molecule has 0 saturated heterocycles. The number of anilines is 2. The Balaban J connectivity index is 1.74. The summed E-state index contributed by atoms with van der Waals surface area (Å²) in [6, 6.07) is 14.0. The summed E-state index contributed by atoms with van der Waals surface area (Å²) >= 11 is 6.11. The number of benzene rings is 2. The zero-order chi connectivity index (χ0) is 15.7. The zero-order valence-corrected chi connectivity index (χ0v) is 13.5. The van der Waals surface area contributed by atoms with Gasteiger partial charge in [0, 0.05) is 22.4 Å². The van der Waals surface area contributed by atoms with E-state index >= 15 is 0 Å². The van der Waals surface area contributed by atoms with Gasteiger partial charge in [0.2, 0.25) is 5.91 Å². The molecule has 3 rings (SSSR count). The molecule has 3 nitrogen and oxygen atoms in total. The van der Waals surface area contributed by atoms with Gasteiger partial charge in [-0.05, 0) is 49.6 Å². The van der Waals surface area contributed by atoms with Gasteiger partial charge < -0.3 is 10.2 Å². The molecule has 0 spiro atoms. The van der Waals surface area contributed by atoms with Crippen molar-refractivity contribution in [2.45, 2.75) is 26.3 Å². The van der Waals surface area contributed by atoms with Gasteiger partial charge in [-0.3, -0.25) is 4.79 Å². The van der Waals surface area contributed by atoms with Crippen LogP contribution in [0.5, 0.6) is 0 Å². The van der Waals surface area contributed by atoms with Crippen LogP contribution in [0.25, 0.3) is 0 Å². The second kappa shape index (κ2) is 6.01. The lowest BCUT2D eigenvalue weighted by molar-refractivity contribution is -0.117. The number of hydrogen-bond donors (Lipinski definition) is 1. The predicted octanol–water partition coefficient (Wildman–Crippen LogP) is 4.04. The fourth-order valence-electron chi connectivity index (χ4n) is 3.00. The number of rotatable bonds is 3. The summed E-state index contributed by atoms with van der Waals surface area (Å²) in [5.74, 6) is 0.0804. The fraction of sp³-hybridized carbons (Fsp3) is 0.278. The minimum absolute atomic E-state index is 0.0804. The number of nitrogens with one attached hydrogen (secondary N) is 1. The Labute approximate surface area is 135 Å². The Bertz CT molecular complexity index is 714. The average molecular weight is 315 g/mol. The number of halogens is 1. The van der Waals surface area contributed by atoms with E-state index in [-0.39, 0.29) is 18.5 Å². The van der Waals surface area contributed by atoms with Crippen LogP contribution in [0.4, 0.5) is 11.4 Å². The van der Waals surface area contributed by atoms with Crippen LogP contribution >= 0.6 is 11.6 Å². The van der Waals surface area contributed by atoms with Gasteiger partial charge in [-0.2, -0.15) is 0 Å². The Kier molecular flexibility index (Phi) is 4.08. The lowest BCUT2D eigenvalue weighted by Crippen LogP contribution is -2.39. The van der Waals surface area contributed by atoms with E-state index in [0.717, 1.165) is 23.4 Å². The third kappa shape index (κ3) is 2.69. The largest absolute Gasteiger partial charge is 0.376 e. The van der Waals surface area contributed by atoms with E-state index in [1.165, 1.54) is 5.56 Å². The molecule has 1 aliphatic heterocycles. The molecule has 1 amide bonds. The van der Waals surface area contributed by atoms with Gasteiger partial charge in [0.05, 0.1) is 6.54 Å². The van der Waals surface area contributed by atoms with Gasteiger partial charge in [-0.1, -0.05) is 35.9 Å². The first-order valence-corrected chi connectivity index (χ1v) is 7.84. The molecule has 0 aliphatic carbocycles. The van der Waals surface area contributed by atoms with Crippen molar-refractivity contribution in [2.24, 2.45) is 0 Å². The van der Waals surface area contributed by atoms with E-state index in [1.807, 2.05) is 48.2 Å². The highest BCUT2D eigenvalue weighted by Crippen LogP contribution is 2.32.